The number of hydrogen-bond donors (Lipinski definition) is 0. The smallest absolute Gasteiger partial charge is 0.161 e. The van der Waals surface area contributed by atoms with Crippen LogP contribution in [0.2, 0.25) is 0 Å². The number of benzene rings is 2. The molecule has 0 fully saturated rings. The molecule has 0 spiro atoms. The first kappa shape index (κ1) is 14.2. The average Bonchev–Trinajstić information content (AvgIpc) is 2.69. The summed E-state index contributed by atoms with van der Waals surface area (Å²) in [5, 5.41) is -0.347. The first-order valence-electron chi connectivity index (χ1n) is 6.92. The molecule has 4 heteroatoms. The lowest BCUT2D eigenvalue weighted by Crippen LogP contribution is -2.12. The van der Waals surface area contributed by atoms with E-state index in [-0.39, 0.29) is 11.2 Å². The molecule has 0 amide bonds. The molecule has 1 aliphatic heterocycles. The molecule has 0 radical (unpaired) electrons. The van der Waals surface area contributed by atoms with E-state index in [0.29, 0.717) is 24.9 Å². The maximum absolute atomic E-state index is 13.0. The Bertz CT molecular complexity index is 627. The van der Waals surface area contributed by atoms with Crippen molar-refractivity contribution in [2.75, 3.05) is 13.2 Å². The third kappa shape index (κ3) is 3.13. The van der Waals surface area contributed by atoms with Gasteiger partial charge in [0, 0.05) is 5.92 Å². The number of rotatable bonds is 2. The van der Waals surface area contributed by atoms with Crippen LogP contribution in [0.3, 0.4) is 0 Å². The first-order valence-corrected chi connectivity index (χ1v) is 7.36. The van der Waals surface area contributed by atoms with Gasteiger partial charge in [0.2, 0.25) is 0 Å². The minimum absolute atomic E-state index is 0.268. The van der Waals surface area contributed by atoms with E-state index in [4.69, 9.17) is 21.1 Å². The highest BCUT2D eigenvalue weighted by molar-refractivity contribution is 6.22. The molecule has 0 aromatic heterocycles. The minimum atomic E-state index is -0.347. The maximum atomic E-state index is 13.0. The molecule has 2 aromatic rings. The van der Waals surface area contributed by atoms with E-state index in [0.717, 1.165) is 16.9 Å². The molecule has 2 atom stereocenters. The average molecular weight is 307 g/mol. The van der Waals surface area contributed by atoms with Crippen LogP contribution >= 0.6 is 11.6 Å². The van der Waals surface area contributed by atoms with E-state index in [1.165, 1.54) is 12.1 Å². The van der Waals surface area contributed by atoms with Crippen molar-refractivity contribution in [3.8, 4) is 11.5 Å². The number of fused-ring (bicyclic) bond motifs is 1. The van der Waals surface area contributed by atoms with Crippen LogP contribution in [0.5, 0.6) is 11.5 Å². The summed E-state index contributed by atoms with van der Waals surface area (Å²) in [6.07, 6.45) is 0. The second-order valence-corrected chi connectivity index (χ2v) is 5.78. The van der Waals surface area contributed by atoms with Crippen LogP contribution in [0.4, 0.5) is 4.39 Å². The van der Waals surface area contributed by atoms with Gasteiger partial charge in [0.15, 0.2) is 11.5 Å². The highest BCUT2D eigenvalue weighted by Gasteiger charge is 2.18. The Labute approximate surface area is 128 Å². The van der Waals surface area contributed by atoms with Crippen molar-refractivity contribution in [1.29, 1.82) is 0 Å². The third-order valence-corrected chi connectivity index (χ3v) is 3.97. The Morgan fingerprint density at radius 2 is 1.62 bits per heavy atom. The molecule has 3 rings (SSSR count). The summed E-state index contributed by atoms with van der Waals surface area (Å²) >= 11 is 6.48. The number of alkyl halides is 1. The van der Waals surface area contributed by atoms with E-state index in [2.05, 4.69) is 6.92 Å². The summed E-state index contributed by atoms with van der Waals surface area (Å²) in [5.74, 6) is 1.54. The standard InChI is InChI=1S/C17H16ClFO2/c1-11-9-20-15-7-4-13(8-16(15)21-10-11)17(18)12-2-5-14(19)6-3-12/h2-8,11,17H,9-10H2,1H3. The van der Waals surface area contributed by atoms with Gasteiger partial charge in [0.1, 0.15) is 5.82 Å². The molecule has 2 unspecified atom stereocenters. The molecule has 0 saturated carbocycles. The number of hydrogen-bond acceptors (Lipinski definition) is 2. The van der Waals surface area contributed by atoms with E-state index in [9.17, 15) is 4.39 Å². The molecule has 0 bridgehead atoms. The Hall–Kier alpha value is -1.74. The van der Waals surface area contributed by atoms with Crippen LogP contribution in [-0.4, -0.2) is 13.2 Å². The molecular weight excluding hydrogens is 291 g/mol. The van der Waals surface area contributed by atoms with Crippen molar-refractivity contribution in [3.05, 3.63) is 59.4 Å². The van der Waals surface area contributed by atoms with Crippen LogP contribution in [-0.2, 0) is 0 Å². The van der Waals surface area contributed by atoms with Gasteiger partial charge in [-0.05, 0) is 35.4 Å². The first-order chi connectivity index (χ1) is 10.1. The van der Waals surface area contributed by atoms with Gasteiger partial charge in [-0.3, -0.25) is 0 Å². The normalized spacial score (nSPS) is 18.9. The lowest BCUT2D eigenvalue weighted by molar-refractivity contribution is 0.228. The molecule has 0 saturated heterocycles. The lowest BCUT2D eigenvalue weighted by Gasteiger charge is -2.13. The Balaban J connectivity index is 1.88. The van der Waals surface area contributed by atoms with Crippen LogP contribution < -0.4 is 9.47 Å². The molecule has 2 aromatic carbocycles. The monoisotopic (exact) mass is 306 g/mol. The van der Waals surface area contributed by atoms with Crippen molar-refractivity contribution >= 4 is 11.6 Å². The van der Waals surface area contributed by atoms with Crippen LogP contribution in [0.1, 0.15) is 23.4 Å². The minimum Gasteiger partial charge on any atom is -0.489 e. The molecule has 21 heavy (non-hydrogen) atoms. The lowest BCUT2D eigenvalue weighted by atomic mass is 10.0. The van der Waals surface area contributed by atoms with E-state index in [1.807, 2.05) is 18.2 Å². The van der Waals surface area contributed by atoms with E-state index < -0.39 is 0 Å². The molecule has 0 aliphatic carbocycles. The molecule has 0 N–H and O–H groups in total. The van der Waals surface area contributed by atoms with Gasteiger partial charge < -0.3 is 9.47 Å². The molecular formula is C17H16ClFO2. The van der Waals surface area contributed by atoms with Crippen molar-refractivity contribution < 1.29 is 13.9 Å². The fourth-order valence-electron chi connectivity index (χ4n) is 2.25. The summed E-state index contributed by atoms with van der Waals surface area (Å²) in [6.45, 7) is 3.35. The zero-order valence-corrected chi connectivity index (χ0v) is 12.4. The molecule has 1 heterocycles. The van der Waals surface area contributed by atoms with Crippen molar-refractivity contribution in [2.24, 2.45) is 5.92 Å². The van der Waals surface area contributed by atoms with Gasteiger partial charge >= 0.3 is 0 Å². The molecule has 2 nitrogen and oxygen atoms in total. The van der Waals surface area contributed by atoms with Crippen molar-refractivity contribution in [3.63, 3.8) is 0 Å². The fraction of sp³-hybridized carbons (Fsp3) is 0.294. The maximum Gasteiger partial charge on any atom is 0.161 e. The Morgan fingerprint density at radius 1 is 1.00 bits per heavy atom. The largest absolute Gasteiger partial charge is 0.489 e. The quantitative estimate of drug-likeness (QED) is 0.757. The van der Waals surface area contributed by atoms with Crippen LogP contribution in [0.25, 0.3) is 0 Å². The van der Waals surface area contributed by atoms with Gasteiger partial charge in [-0.2, -0.15) is 0 Å². The van der Waals surface area contributed by atoms with Gasteiger partial charge in [-0.1, -0.05) is 25.1 Å². The highest BCUT2D eigenvalue weighted by Crippen LogP contribution is 2.37. The molecule has 110 valence electrons. The second kappa shape index (κ2) is 5.94. The highest BCUT2D eigenvalue weighted by atomic mass is 35.5. The number of halogens is 2. The van der Waals surface area contributed by atoms with Crippen LogP contribution in [0.15, 0.2) is 42.5 Å². The summed E-state index contributed by atoms with van der Waals surface area (Å²) in [6, 6.07) is 11.9. The van der Waals surface area contributed by atoms with Gasteiger partial charge in [0.25, 0.3) is 0 Å². The zero-order valence-electron chi connectivity index (χ0n) is 11.7. The summed E-state index contributed by atoms with van der Waals surface area (Å²) in [7, 11) is 0. The van der Waals surface area contributed by atoms with E-state index in [1.54, 1.807) is 12.1 Å². The van der Waals surface area contributed by atoms with Crippen molar-refractivity contribution in [1.82, 2.24) is 0 Å². The predicted octanol–water partition coefficient (Wildman–Crippen LogP) is 4.56. The summed E-state index contributed by atoms with van der Waals surface area (Å²) < 4.78 is 24.4. The molecule has 1 aliphatic rings. The predicted molar refractivity (Wildman–Crippen MR) is 80.7 cm³/mol. The van der Waals surface area contributed by atoms with E-state index >= 15 is 0 Å². The third-order valence-electron chi connectivity index (χ3n) is 3.47. The Kier molecular flexibility index (Phi) is 4.02. The topological polar surface area (TPSA) is 18.5 Å². The number of ether oxygens (including phenoxy) is 2. The van der Waals surface area contributed by atoms with Crippen molar-refractivity contribution in [2.45, 2.75) is 12.3 Å². The zero-order chi connectivity index (χ0) is 14.8. The summed E-state index contributed by atoms with van der Waals surface area (Å²) in [5.41, 5.74) is 1.75. The van der Waals surface area contributed by atoms with Gasteiger partial charge in [-0.25, -0.2) is 4.39 Å². The SMILES string of the molecule is CC1COc2ccc(C(Cl)c3ccc(F)cc3)cc2OC1. The second-order valence-electron chi connectivity index (χ2n) is 5.35. The van der Waals surface area contributed by atoms with Gasteiger partial charge in [0.05, 0.1) is 18.6 Å². The Morgan fingerprint density at radius 3 is 2.33 bits per heavy atom. The van der Waals surface area contributed by atoms with Crippen LogP contribution in [0, 0.1) is 11.7 Å². The fourth-order valence-corrected chi connectivity index (χ4v) is 2.53. The van der Waals surface area contributed by atoms with Gasteiger partial charge in [-0.15, -0.1) is 11.6 Å². The summed E-state index contributed by atoms with van der Waals surface area (Å²) in [4.78, 5) is 0.